The number of hydrogen-bond donors (Lipinski definition) is 0. The molecule has 2 aliphatic rings. The van der Waals surface area contributed by atoms with Gasteiger partial charge in [0.15, 0.2) is 11.5 Å². The highest BCUT2D eigenvalue weighted by molar-refractivity contribution is 5.82. The number of carbonyl (C=O) groups is 1. The first-order chi connectivity index (χ1) is 16.7. The number of likely N-dealkylation sites (N-methyl/N-ethyl adjacent to an activating group) is 1. The van der Waals surface area contributed by atoms with Crippen molar-refractivity contribution in [3.05, 3.63) is 83.7 Å². The van der Waals surface area contributed by atoms with E-state index in [4.69, 9.17) is 14.2 Å². The maximum absolute atomic E-state index is 13.3. The van der Waals surface area contributed by atoms with E-state index in [1.165, 1.54) is 5.56 Å². The maximum Gasteiger partial charge on any atom is 0.267 e. The molecular formula is C27H29N3O4. The predicted octanol–water partition coefficient (Wildman–Crippen LogP) is 3.32. The molecule has 1 aromatic heterocycles. The van der Waals surface area contributed by atoms with Gasteiger partial charge in [-0.2, -0.15) is 0 Å². The lowest BCUT2D eigenvalue weighted by molar-refractivity contribution is -0.142. The molecule has 0 bridgehead atoms. The van der Waals surface area contributed by atoms with Crippen LogP contribution in [0.1, 0.15) is 16.8 Å². The fourth-order valence-electron chi connectivity index (χ4n) is 4.32. The van der Waals surface area contributed by atoms with Crippen LogP contribution in [0.15, 0.2) is 66.9 Å². The molecule has 0 aliphatic carbocycles. The Morgan fingerprint density at radius 1 is 1.06 bits per heavy atom. The minimum Gasteiger partial charge on any atom is -0.491 e. The molecule has 2 aliphatic heterocycles. The van der Waals surface area contributed by atoms with Gasteiger partial charge in [0, 0.05) is 43.5 Å². The fourth-order valence-corrected chi connectivity index (χ4v) is 4.32. The molecule has 0 unspecified atom stereocenters. The van der Waals surface area contributed by atoms with Crippen molar-refractivity contribution in [1.29, 1.82) is 0 Å². The molecule has 0 saturated heterocycles. The summed E-state index contributed by atoms with van der Waals surface area (Å²) in [5.41, 5.74) is 3.29. The third-order valence-electron chi connectivity index (χ3n) is 6.13. The van der Waals surface area contributed by atoms with Crippen LogP contribution in [0.3, 0.4) is 0 Å². The van der Waals surface area contributed by atoms with E-state index in [9.17, 15) is 4.79 Å². The normalized spacial score (nSPS) is 17.0. The molecule has 3 heterocycles. The lowest BCUT2D eigenvalue weighted by atomic mass is 10.1. The number of carbonyl (C=O) groups excluding carboxylic acids is 1. The molecule has 5 rings (SSSR count). The molecule has 0 spiro atoms. The van der Waals surface area contributed by atoms with E-state index in [0.717, 1.165) is 36.5 Å². The number of hydrogen-bond acceptors (Lipinski definition) is 6. The average Bonchev–Trinajstić information content (AvgIpc) is 3.09. The van der Waals surface area contributed by atoms with E-state index in [-0.39, 0.29) is 12.5 Å². The lowest BCUT2D eigenvalue weighted by Gasteiger charge is -2.30. The zero-order chi connectivity index (χ0) is 23.3. The maximum atomic E-state index is 13.3. The molecule has 0 saturated carbocycles. The van der Waals surface area contributed by atoms with Gasteiger partial charge in [-0.1, -0.05) is 24.3 Å². The molecule has 34 heavy (non-hydrogen) atoms. The van der Waals surface area contributed by atoms with E-state index < -0.39 is 6.10 Å². The molecule has 176 valence electrons. The van der Waals surface area contributed by atoms with Crippen LogP contribution in [0.25, 0.3) is 0 Å². The van der Waals surface area contributed by atoms with Gasteiger partial charge in [-0.15, -0.1) is 0 Å². The van der Waals surface area contributed by atoms with Crippen LogP contribution in [0.4, 0.5) is 0 Å². The van der Waals surface area contributed by atoms with Crippen molar-refractivity contribution in [1.82, 2.24) is 14.8 Å². The summed E-state index contributed by atoms with van der Waals surface area (Å²) in [5.74, 6) is 2.03. The smallest absolute Gasteiger partial charge is 0.267 e. The van der Waals surface area contributed by atoms with Gasteiger partial charge in [0.05, 0.1) is 6.54 Å². The summed E-state index contributed by atoms with van der Waals surface area (Å²) in [7, 11) is 2.11. The third kappa shape index (κ3) is 5.15. The summed E-state index contributed by atoms with van der Waals surface area (Å²) >= 11 is 0. The standard InChI is InChI=1S/C27H29N3O4/c1-29(13-11-22-6-4-5-12-28-22)17-20-9-10-23-21(16-20)18-30(14-15-32-23)27(31)26-19-33-24-7-2-3-8-25(24)34-26/h2-10,12,16,26H,11,13-15,17-19H2,1H3/t26-/m1/s1. The van der Waals surface area contributed by atoms with Crippen LogP contribution in [-0.2, 0) is 24.3 Å². The van der Waals surface area contributed by atoms with Crippen LogP contribution >= 0.6 is 0 Å². The quantitative estimate of drug-likeness (QED) is 0.564. The van der Waals surface area contributed by atoms with Gasteiger partial charge < -0.3 is 24.0 Å². The van der Waals surface area contributed by atoms with Gasteiger partial charge in [0.1, 0.15) is 19.0 Å². The molecule has 7 heteroatoms. The first-order valence-corrected chi connectivity index (χ1v) is 11.7. The molecule has 3 aromatic rings. The second kappa shape index (κ2) is 10.1. The van der Waals surface area contributed by atoms with Crippen molar-refractivity contribution < 1.29 is 19.0 Å². The zero-order valence-corrected chi connectivity index (χ0v) is 19.4. The first-order valence-electron chi connectivity index (χ1n) is 11.7. The fraction of sp³-hybridized carbons (Fsp3) is 0.333. The summed E-state index contributed by atoms with van der Waals surface area (Å²) in [6, 6.07) is 19.7. The molecule has 1 atom stereocenters. The minimum absolute atomic E-state index is 0.0798. The van der Waals surface area contributed by atoms with Gasteiger partial charge in [-0.3, -0.25) is 9.78 Å². The van der Waals surface area contributed by atoms with E-state index in [2.05, 4.69) is 35.1 Å². The Labute approximate surface area is 199 Å². The van der Waals surface area contributed by atoms with Crippen LogP contribution in [0.2, 0.25) is 0 Å². The summed E-state index contributed by atoms with van der Waals surface area (Å²) in [5, 5.41) is 0. The van der Waals surface area contributed by atoms with Gasteiger partial charge >= 0.3 is 0 Å². The Morgan fingerprint density at radius 3 is 2.76 bits per heavy atom. The van der Waals surface area contributed by atoms with Crippen molar-refractivity contribution in [3.63, 3.8) is 0 Å². The van der Waals surface area contributed by atoms with Crippen LogP contribution < -0.4 is 14.2 Å². The van der Waals surface area contributed by atoms with E-state index in [1.54, 1.807) is 0 Å². The summed E-state index contributed by atoms with van der Waals surface area (Å²) in [6.45, 7) is 3.38. The summed E-state index contributed by atoms with van der Waals surface area (Å²) in [4.78, 5) is 21.7. The Kier molecular flexibility index (Phi) is 6.62. The number of ether oxygens (including phenoxy) is 3. The lowest BCUT2D eigenvalue weighted by Crippen LogP contribution is -2.46. The number of nitrogens with zero attached hydrogens (tertiary/aromatic N) is 3. The number of aromatic nitrogens is 1. The van der Waals surface area contributed by atoms with Gasteiger partial charge in [-0.05, 0) is 49.0 Å². The minimum atomic E-state index is -0.655. The van der Waals surface area contributed by atoms with E-state index >= 15 is 0 Å². The van der Waals surface area contributed by atoms with Crippen molar-refractivity contribution in [2.75, 3.05) is 33.4 Å². The third-order valence-corrected chi connectivity index (χ3v) is 6.13. The topological polar surface area (TPSA) is 64.1 Å². The van der Waals surface area contributed by atoms with Gasteiger partial charge in [0.2, 0.25) is 6.10 Å². The highest BCUT2D eigenvalue weighted by atomic mass is 16.6. The molecule has 0 radical (unpaired) electrons. The first kappa shape index (κ1) is 22.2. The average molecular weight is 460 g/mol. The highest BCUT2D eigenvalue weighted by Gasteiger charge is 2.32. The van der Waals surface area contributed by atoms with E-state index in [1.807, 2.05) is 53.6 Å². The van der Waals surface area contributed by atoms with Gasteiger partial charge in [-0.25, -0.2) is 0 Å². The van der Waals surface area contributed by atoms with Crippen LogP contribution in [0, 0.1) is 0 Å². The number of para-hydroxylation sites is 2. The predicted molar refractivity (Wildman–Crippen MR) is 128 cm³/mol. The van der Waals surface area contributed by atoms with Crippen LogP contribution in [-0.4, -0.2) is 60.1 Å². The second-order valence-corrected chi connectivity index (χ2v) is 8.72. The van der Waals surface area contributed by atoms with Crippen molar-refractivity contribution in [2.24, 2.45) is 0 Å². The van der Waals surface area contributed by atoms with Crippen molar-refractivity contribution in [3.8, 4) is 17.2 Å². The Bertz CT molecular complexity index is 1140. The van der Waals surface area contributed by atoms with Crippen LogP contribution in [0.5, 0.6) is 17.2 Å². The summed E-state index contributed by atoms with van der Waals surface area (Å²) in [6.07, 6.45) is 2.08. The largest absolute Gasteiger partial charge is 0.491 e. The molecule has 2 aromatic carbocycles. The Hall–Kier alpha value is -3.58. The molecule has 0 fully saturated rings. The number of amides is 1. The highest BCUT2D eigenvalue weighted by Crippen LogP contribution is 2.32. The molecule has 0 N–H and O–H groups in total. The summed E-state index contributed by atoms with van der Waals surface area (Å²) < 4.78 is 17.6. The number of rotatable bonds is 6. The molecule has 1 amide bonds. The monoisotopic (exact) mass is 459 g/mol. The van der Waals surface area contributed by atoms with Crippen molar-refractivity contribution in [2.45, 2.75) is 25.6 Å². The van der Waals surface area contributed by atoms with E-state index in [0.29, 0.717) is 31.2 Å². The van der Waals surface area contributed by atoms with Gasteiger partial charge in [0.25, 0.3) is 5.91 Å². The Balaban J connectivity index is 1.23. The number of pyridine rings is 1. The second-order valence-electron chi connectivity index (χ2n) is 8.72. The zero-order valence-electron chi connectivity index (χ0n) is 19.4. The molecule has 7 nitrogen and oxygen atoms in total. The SMILES string of the molecule is CN(CCc1ccccn1)Cc1ccc2c(c1)CN(C(=O)[C@H]1COc3ccccc3O1)CCO2. The number of benzene rings is 2. The Morgan fingerprint density at radius 2 is 1.91 bits per heavy atom. The molecular weight excluding hydrogens is 430 g/mol. The van der Waals surface area contributed by atoms with Crippen molar-refractivity contribution >= 4 is 5.91 Å². The number of fused-ring (bicyclic) bond motifs is 2.